The van der Waals surface area contributed by atoms with E-state index in [4.69, 9.17) is 8.94 Å². The molecule has 4 heterocycles. The van der Waals surface area contributed by atoms with Gasteiger partial charge in [-0.25, -0.2) is 4.98 Å². The normalized spacial score (nSPS) is 15.3. The number of fused-ring (bicyclic) bond motifs is 1. The van der Waals surface area contributed by atoms with E-state index in [1.807, 2.05) is 19.4 Å². The Bertz CT molecular complexity index is 743. The van der Waals surface area contributed by atoms with Crippen molar-refractivity contribution in [2.24, 2.45) is 7.05 Å². The Morgan fingerprint density at radius 2 is 2.33 bits per heavy atom. The maximum Gasteiger partial charge on any atom is 0.241 e. The minimum atomic E-state index is 0.564. The number of rotatable bonds is 3. The van der Waals surface area contributed by atoms with Crippen LogP contribution in [0.2, 0.25) is 0 Å². The molecule has 0 fully saturated rings. The zero-order valence-electron chi connectivity index (χ0n) is 11.7. The van der Waals surface area contributed by atoms with Crippen molar-refractivity contribution < 1.29 is 8.94 Å². The molecule has 108 valence electrons. The van der Waals surface area contributed by atoms with Crippen LogP contribution in [0, 0.1) is 0 Å². The van der Waals surface area contributed by atoms with Crippen molar-refractivity contribution in [2.75, 3.05) is 6.54 Å². The fourth-order valence-electron chi connectivity index (χ4n) is 2.67. The van der Waals surface area contributed by atoms with Crippen LogP contribution in [0.1, 0.15) is 17.3 Å². The van der Waals surface area contributed by atoms with E-state index >= 15 is 0 Å². The molecule has 0 saturated carbocycles. The summed E-state index contributed by atoms with van der Waals surface area (Å²) < 4.78 is 12.4. The molecule has 0 aliphatic carbocycles. The Morgan fingerprint density at radius 1 is 1.38 bits per heavy atom. The van der Waals surface area contributed by atoms with Crippen molar-refractivity contribution in [1.82, 2.24) is 24.6 Å². The topological polar surface area (TPSA) is 73.1 Å². The lowest BCUT2D eigenvalue weighted by atomic mass is 10.1. The zero-order valence-corrected chi connectivity index (χ0v) is 11.7. The van der Waals surface area contributed by atoms with Crippen LogP contribution in [-0.2, 0) is 26.6 Å². The molecule has 0 amide bonds. The molecule has 1 aliphatic heterocycles. The summed E-state index contributed by atoms with van der Waals surface area (Å²) in [7, 11) is 2.04. The van der Waals surface area contributed by atoms with Crippen molar-refractivity contribution >= 4 is 0 Å². The van der Waals surface area contributed by atoms with Gasteiger partial charge in [-0.2, -0.15) is 4.98 Å². The second-order valence-corrected chi connectivity index (χ2v) is 5.23. The average Bonchev–Trinajstić information content (AvgIpc) is 3.20. The van der Waals surface area contributed by atoms with Crippen LogP contribution in [0.3, 0.4) is 0 Å². The molecule has 3 aromatic rings. The number of furan rings is 1. The average molecular weight is 285 g/mol. The van der Waals surface area contributed by atoms with Gasteiger partial charge < -0.3 is 13.5 Å². The highest BCUT2D eigenvalue weighted by Gasteiger charge is 2.21. The van der Waals surface area contributed by atoms with E-state index in [0.29, 0.717) is 18.3 Å². The number of aryl methyl sites for hydroxylation is 1. The van der Waals surface area contributed by atoms with Gasteiger partial charge in [0.25, 0.3) is 0 Å². The molecule has 21 heavy (non-hydrogen) atoms. The van der Waals surface area contributed by atoms with E-state index in [-0.39, 0.29) is 0 Å². The Hall–Kier alpha value is -2.41. The van der Waals surface area contributed by atoms with E-state index in [1.165, 1.54) is 5.69 Å². The third kappa shape index (κ3) is 2.25. The summed E-state index contributed by atoms with van der Waals surface area (Å²) in [6.45, 7) is 2.43. The highest BCUT2D eigenvalue weighted by Crippen LogP contribution is 2.20. The second kappa shape index (κ2) is 4.85. The van der Waals surface area contributed by atoms with Crippen molar-refractivity contribution in [3.8, 4) is 11.4 Å². The first kappa shape index (κ1) is 12.3. The van der Waals surface area contributed by atoms with Gasteiger partial charge in [0, 0.05) is 32.3 Å². The Balaban J connectivity index is 1.48. The summed E-state index contributed by atoms with van der Waals surface area (Å²) in [5.41, 5.74) is 3.28. The first-order valence-electron chi connectivity index (χ1n) is 6.86. The molecule has 7 nitrogen and oxygen atoms in total. The van der Waals surface area contributed by atoms with E-state index in [9.17, 15) is 0 Å². The Labute approximate surface area is 121 Å². The summed E-state index contributed by atoms with van der Waals surface area (Å²) in [6.07, 6.45) is 6.07. The molecule has 0 unspecified atom stereocenters. The van der Waals surface area contributed by atoms with Crippen molar-refractivity contribution in [3.63, 3.8) is 0 Å². The predicted octanol–water partition coefficient (Wildman–Crippen LogP) is 1.62. The SMILES string of the molecule is Cn1cnc2c1CCN(Cc1nc(-c3ccoc3)no1)C2. The zero-order chi connectivity index (χ0) is 14.2. The predicted molar refractivity (Wildman–Crippen MR) is 73.0 cm³/mol. The Morgan fingerprint density at radius 3 is 3.19 bits per heavy atom. The summed E-state index contributed by atoms with van der Waals surface area (Å²) in [5.74, 6) is 1.18. The van der Waals surface area contributed by atoms with Crippen LogP contribution in [-0.4, -0.2) is 31.1 Å². The molecule has 1 aliphatic rings. The van der Waals surface area contributed by atoms with Crippen molar-refractivity contribution in [1.29, 1.82) is 0 Å². The van der Waals surface area contributed by atoms with Crippen LogP contribution in [0.15, 0.2) is 33.9 Å². The van der Waals surface area contributed by atoms with E-state index < -0.39 is 0 Å². The second-order valence-electron chi connectivity index (χ2n) is 5.23. The number of hydrogen-bond acceptors (Lipinski definition) is 6. The van der Waals surface area contributed by atoms with Gasteiger partial charge in [-0.3, -0.25) is 4.90 Å². The molecular weight excluding hydrogens is 270 g/mol. The molecule has 0 atom stereocenters. The van der Waals surface area contributed by atoms with Crippen LogP contribution in [0.5, 0.6) is 0 Å². The molecular formula is C14H15N5O2. The number of aromatic nitrogens is 4. The van der Waals surface area contributed by atoms with Gasteiger partial charge >= 0.3 is 0 Å². The van der Waals surface area contributed by atoms with E-state index in [1.54, 1.807) is 12.5 Å². The van der Waals surface area contributed by atoms with Gasteiger partial charge in [0.15, 0.2) is 0 Å². The summed E-state index contributed by atoms with van der Waals surface area (Å²) in [5, 5.41) is 3.98. The molecule has 4 rings (SSSR count). The third-order valence-corrected chi connectivity index (χ3v) is 3.79. The molecule has 7 heteroatoms. The van der Waals surface area contributed by atoms with E-state index in [0.717, 1.165) is 30.8 Å². The number of nitrogens with zero attached hydrogens (tertiary/aromatic N) is 5. The molecule has 0 N–H and O–H groups in total. The Kier molecular flexibility index (Phi) is 2.85. The number of hydrogen-bond donors (Lipinski definition) is 0. The molecule has 0 bridgehead atoms. The lowest BCUT2D eigenvalue weighted by Crippen LogP contribution is -2.30. The van der Waals surface area contributed by atoms with Crippen LogP contribution >= 0.6 is 0 Å². The summed E-state index contributed by atoms with van der Waals surface area (Å²) in [6, 6.07) is 1.82. The van der Waals surface area contributed by atoms with Gasteiger partial charge in [0.05, 0.1) is 30.4 Å². The maximum absolute atomic E-state index is 5.31. The molecule has 0 saturated heterocycles. The monoisotopic (exact) mass is 285 g/mol. The van der Waals surface area contributed by atoms with Gasteiger partial charge in [0.2, 0.25) is 11.7 Å². The smallest absolute Gasteiger partial charge is 0.241 e. The van der Waals surface area contributed by atoms with Gasteiger partial charge in [-0.1, -0.05) is 5.16 Å². The molecule has 3 aromatic heterocycles. The molecule has 0 radical (unpaired) electrons. The standard InChI is InChI=1S/C14H15N5O2/c1-18-9-15-11-6-19(4-2-12(11)18)7-13-16-14(17-21-13)10-3-5-20-8-10/h3,5,8-9H,2,4,6-7H2,1H3. The maximum atomic E-state index is 5.31. The minimum absolute atomic E-state index is 0.564. The fourth-order valence-corrected chi connectivity index (χ4v) is 2.67. The quantitative estimate of drug-likeness (QED) is 0.728. The first-order chi connectivity index (χ1) is 10.3. The first-order valence-corrected chi connectivity index (χ1v) is 6.86. The highest BCUT2D eigenvalue weighted by atomic mass is 16.5. The van der Waals surface area contributed by atoms with Gasteiger partial charge in [-0.15, -0.1) is 0 Å². The minimum Gasteiger partial charge on any atom is -0.472 e. The highest BCUT2D eigenvalue weighted by molar-refractivity contribution is 5.51. The lowest BCUT2D eigenvalue weighted by molar-refractivity contribution is 0.206. The summed E-state index contributed by atoms with van der Waals surface area (Å²) >= 11 is 0. The van der Waals surface area contributed by atoms with Crippen molar-refractivity contribution in [2.45, 2.75) is 19.5 Å². The van der Waals surface area contributed by atoms with Crippen molar-refractivity contribution in [3.05, 3.63) is 42.2 Å². The van der Waals surface area contributed by atoms with E-state index in [2.05, 4.69) is 24.6 Å². The number of imidazole rings is 1. The third-order valence-electron chi connectivity index (χ3n) is 3.79. The van der Waals surface area contributed by atoms with Crippen LogP contribution in [0.4, 0.5) is 0 Å². The largest absolute Gasteiger partial charge is 0.472 e. The lowest BCUT2D eigenvalue weighted by Gasteiger charge is -2.24. The molecule has 0 spiro atoms. The molecule has 0 aromatic carbocycles. The fraction of sp³-hybridized carbons (Fsp3) is 0.357. The van der Waals surface area contributed by atoms with Crippen LogP contribution < -0.4 is 0 Å². The van der Waals surface area contributed by atoms with Crippen LogP contribution in [0.25, 0.3) is 11.4 Å². The van der Waals surface area contributed by atoms with Gasteiger partial charge in [0.1, 0.15) is 6.26 Å². The van der Waals surface area contributed by atoms with Gasteiger partial charge in [-0.05, 0) is 6.07 Å². The summed E-state index contributed by atoms with van der Waals surface area (Å²) in [4.78, 5) is 11.1.